The van der Waals surface area contributed by atoms with Gasteiger partial charge in [0.1, 0.15) is 24.0 Å². The van der Waals surface area contributed by atoms with Crippen molar-refractivity contribution in [3.05, 3.63) is 95.1 Å². The van der Waals surface area contributed by atoms with Gasteiger partial charge in [0, 0.05) is 11.3 Å². The molecule has 0 spiro atoms. The molecule has 3 aromatic rings. The Morgan fingerprint density at radius 2 is 1.62 bits per heavy atom. The van der Waals surface area contributed by atoms with Gasteiger partial charge in [-0.05, 0) is 66.4 Å². The highest BCUT2D eigenvalue weighted by Gasteiger charge is 2.49. The van der Waals surface area contributed by atoms with E-state index >= 15 is 0 Å². The van der Waals surface area contributed by atoms with Crippen LogP contribution in [0, 0.1) is 17.6 Å². The summed E-state index contributed by atoms with van der Waals surface area (Å²) in [5.41, 5.74) is 2.12. The van der Waals surface area contributed by atoms with Crippen molar-refractivity contribution in [2.45, 2.75) is 31.6 Å². The molecule has 0 radical (unpaired) electrons. The summed E-state index contributed by atoms with van der Waals surface area (Å²) in [6.07, 6.45) is -0.735. The maximum Gasteiger partial charge on any atom is 0.410 e. The van der Waals surface area contributed by atoms with Gasteiger partial charge >= 0.3 is 6.09 Å². The van der Waals surface area contributed by atoms with Crippen LogP contribution in [0.4, 0.5) is 19.3 Å². The summed E-state index contributed by atoms with van der Waals surface area (Å²) in [4.78, 5) is 29.1. The van der Waals surface area contributed by atoms with Crippen molar-refractivity contribution in [1.29, 1.82) is 0 Å². The van der Waals surface area contributed by atoms with E-state index < -0.39 is 35.8 Å². The van der Waals surface area contributed by atoms with Crippen LogP contribution < -0.4 is 4.90 Å². The topological polar surface area (TPSA) is 90.3 Å². The number of aromatic hydroxyl groups is 1. The maximum atomic E-state index is 13.6. The number of hydrogen-bond donors (Lipinski definition) is 2. The van der Waals surface area contributed by atoms with Gasteiger partial charge in [-0.1, -0.05) is 24.3 Å². The fraction of sp³-hybridized carbons (Fsp3) is 0.375. The second-order valence-corrected chi connectivity index (χ2v) is 11.7. The molecular weight excluding hydrogens is 544 g/mol. The number of rotatable bonds is 8. The highest BCUT2D eigenvalue weighted by atomic mass is 19.1. The fourth-order valence-corrected chi connectivity index (χ4v) is 5.62. The van der Waals surface area contributed by atoms with Crippen molar-refractivity contribution < 1.29 is 37.8 Å². The number of aliphatic hydroxyl groups excluding tert-OH is 1. The third kappa shape index (κ3) is 6.39. The number of phenols is 1. The summed E-state index contributed by atoms with van der Waals surface area (Å²) in [5.74, 6) is -1.66. The third-order valence-corrected chi connectivity index (χ3v) is 8.31. The number of carbonyl (C=O) groups excluding carboxylic acids is 2. The van der Waals surface area contributed by atoms with E-state index in [0.717, 1.165) is 17.6 Å². The van der Waals surface area contributed by atoms with Crippen molar-refractivity contribution in [2.75, 3.05) is 45.2 Å². The summed E-state index contributed by atoms with van der Waals surface area (Å²) in [6.45, 7) is 2.90. The Kier molecular flexibility index (Phi) is 8.47. The Morgan fingerprint density at radius 3 is 2.24 bits per heavy atom. The van der Waals surface area contributed by atoms with Crippen LogP contribution in [-0.2, 0) is 16.1 Å². The molecule has 0 bridgehead atoms. The number of carbonyl (C=O) groups is 2. The van der Waals surface area contributed by atoms with Crippen LogP contribution in [0.3, 0.4) is 0 Å². The molecule has 2 fully saturated rings. The van der Waals surface area contributed by atoms with Gasteiger partial charge in [-0.3, -0.25) is 9.69 Å². The van der Waals surface area contributed by atoms with Gasteiger partial charge in [0.2, 0.25) is 5.91 Å². The number of β-lactam (4-membered cyclic amide) rings is 1. The molecule has 222 valence electrons. The van der Waals surface area contributed by atoms with Gasteiger partial charge in [-0.2, -0.15) is 0 Å². The molecule has 5 rings (SSSR count). The van der Waals surface area contributed by atoms with Gasteiger partial charge in [0.15, 0.2) is 0 Å². The van der Waals surface area contributed by atoms with Crippen molar-refractivity contribution in [3.63, 3.8) is 0 Å². The Labute approximate surface area is 243 Å². The number of likely N-dealkylation sites (N-methyl/N-ethyl adjacent to an activating group) is 1. The average molecular weight is 581 g/mol. The van der Waals surface area contributed by atoms with E-state index in [1.807, 2.05) is 0 Å². The number of phenolic OH excluding ortho intramolecular Hbond substituents is 1. The minimum atomic E-state index is -0.894. The Hall–Kier alpha value is -4.02. The predicted octanol–water partition coefficient (Wildman–Crippen LogP) is 4.92. The van der Waals surface area contributed by atoms with Crippen LogP contribution >= 0.6 is 0 Å². The van der Waals surface area contributed by atoms with Gasteiger partial charge in [-0.15, -0.1) is 0 Å². The number of ether oxygens (including phenoxy) is 1. The largest absolute Gasteiger partial charge is 0.508 e. The lowest BCUT2D eigenvalue weighted by molar-refractivity contribution is -0.894. The summed E-state index contributed by atoms with van der Waals surface area (Å²) in [6, 6.07) is 15.5. The number of aliphatic hydroxyl groups is 1. The molecule has 0 aromatic heterocycles. The molecule has 2 aliphatic heterocycles. The molecule has 2 amide bonds. The molecule has 3 atom stereocenters. The van der Waals surface area contributed by atoms with E-state index in [4.69, 9.17) is 4.74 Å². The smallest absolute Gasteiger partial charge is 0.410 e. The van der Waals surface area contributed by atoms with E-state index in [1.165, 1.54) is 59.5 Å². The van der Waals surface area contributed by atoms with Crippen LogP contribution in [-0.4, -0.2) is 71.9 Å². The number of halogens is 2. The molecule has 2 aliphatic rings. The molecule has 0 aliphatic carbocycles. The number of nitrogens with zero attached hydrogens (tertiary/aromatic N) is 3. The normalized spacial score (nSPS) is 20.6. The molecule has 2 N–H and O–H groups in total. The maximum absolute atomic E-state index is 13.6. The Balaban J connectivity index is 1.30. The number of benzene rings is 3. The van der Waals surface area contributed by atoms with Gasteiger partial charge < -0.3 is 24.3 Å². The minimum absolute atomic E-state index is 0.0139. The third-order valence-electron chi connectivity index (χ3n) is 8.31. The number of amides is 2. The molecule has 3 aromatic carbocycles. The average Bonchev–Trinajstić information content (AvgIpc) is 2.96. The number of quaternary nitrogens is 1. The first-order valence-corrected chi connectivity index (χ1v) is 14.1. The zero-order valence-electron chi connectivity index (χ0n) is 23.7. The van der Waals surface area contributed by atoms with E-state index in [9.17, 15) is 28.6 Å². The van der Waals surface area contributed by atoms with Crippen LogP contribution in [0.25, 0.3) is 0 Å². The van der Waals surface area contributed by atoms with Crippen LogP contribution in [0.1, 0.15) is 41.7 Å². The zero-order valence-corrected chi connectivity index (χ0v) is 23.7. The van der Waals surface area contributed by atoms with Crippen molar-refractivity contribution in [2.24, 2.45) is 5.92 Å². The predicted molar refractivity (Wildman–Crippen MR) is 152 cm³/mol. The molecule has 2 saturated heterocycles. The number of piperazine rings is 1. The van der Waals surface area contributed by atoms with E-state index in [0.29, 0.717) is 41.9 Å². The summed E-state index contributed by atoms with van der Waals surface area (Å²) < 4.78 is 33.3. The van der Waals surface area contributed by atoms with Gasteiger partial charge in [-0.25, -0.2) is 13.6 Å². The molecular formula is C32H36F2N3O5+. The Morgan fingerprint density at radius 1 is 1.00 bits per heavy atom. The molecule has 2 heterocycles. The second kappa shape index (κ2) is 12.1. The molecule has 10 heteroatoms. The van der Waals surface area contributed by atoms with Crippen LogP contribution in [0.15, 0.2) is 66.7 Å². The van der Waals surface area contributed by atoms with Crippen molar-refractivity contribution >= 4 is 17.7 Å². The highest BCUT2D eigenvalue weighted by molar-refractivity contribution is 6.03. The quantitative estimate of drug-likeness (QED) is 0.292. The van der Waals surface area contributed by atoms with Crippen molar-refractivity contribution in [3.8, 4) is 5.75 Å². The van der Waals surface area contributed by atoms with Crippen LogP contribution in [0.5, 0.6) is 5.75 Å². The first-order chi connectivity index (χ1) is 20.0. The van der Waals surface area contributed by atoms with E-state index in [2.05, 4.69) is 14.1 Å². The summed E-state index contributed by atoms with van der Waals surface area (Å²) in [5, 5.41) is 21.7. The highest BCUT2D eigenvalue weighted by Crippen LogP contribution is 2.48. The molecule has 8 nitrogen and oxygen atoms in total. The van der Waals surface area contributed by atoms with Gasteiger partial charge in [0.05, 0.1) is 58.3 Å². The van der Waals surface area contributed by atoms with E-state index in [-0.39, 0.29) is 24.7 Å². The zero-order chi connectivity index (χ0) is 30.0. The van der Waals surface area contributed by atoms with E-state index in [1.54, 1.807) is 17.0 Å². The van der Waals surface area contributed by atoms with Gasteiger partial charge in [0.25, 0.3) is 0 Å². The lowest BCUT2D eigenvalue weighted by Crippen LogP contribution is -2.56. The standard InChI is InChI=1S/C32H35F2N3O5/c1-37(2)17-15-35(16-18-37)32(41)42-20-21-3-12-26(29(39)19-21)30-27(13-14-28(38)22-4-6-23(33)7-5-22)31(40)36(30)25-10-8-24(34)9-11-25/h3-12,19,27-28,30,38H,13-18,20H2,1-2H3/p+1/t27-,28+,30-/m1/s1. The Bertz CT molecular complexity index is 1420. The van der Waals surface area contributed by atoms with Crippen LogP contribution in [0.2, 0.25) is 0 Å². The first kappa shape index (κ1) is 29.5. The monoisotopic (exact) mass is 580 g/mol. The molecule has 42 heavy (non-hydrogen) atoms. The second-order valence-electron chi connectivity index (χ2n) is 11.7. The molecule has 0 saturated carbocycles. The fourth-order valence-electron chi connectivity index (χ4n) is 5.62. The first-order valence-electron chi connectivity index (χ1n) is 14.1. The molecule has 0 unspecified atom stereocenters. The number of anilines is 1. The number of hydrogen-bond acceptors (Lipinski definition) is 5. The summed E-state index contributed by atoms with van der Waals surface area (Å²) >= 11 is 0. The minimum Gasteiger partial charge on any atom is -0.508 e. The lowest BCUT2D eigenvalue weighted by Gasteiger charge is -2.48. The van der Waals surface area contributed by atoms with Crippen molar-refractivity contribution in [1.82, 2.24) is 4.90 Å². The summed E-state index contributed by atoms with van der Waals surface area (Å²) in [7, 11) is 4.25. The lowest BCUT2D eigenvalue weighted by atomic mass is 9.77. The SMILES string of the molecule is C[N+]1(C)CCN(C(=O)OCc2ccc([C@@H]3[C@@H](CC[C@H](O)c4ccc(F)cc4)C(=O)N3c3ccc(F)cc3)c(O)c2)CC1.